The molecule has 2 atom stereocenters. The van der Waals surface area contributed by atoms with E-state index in [-0.39, 0.29) is 17.3 Å². The summed E-state index contributed by atoms with van der Waals surface area (Å²) in [6.07, 6.45) is 5.13. The largest absolute Gasteiger partial charge is 0.481 e. The molecule has 3 rings (SSSR count). The maximum absolute atomic E-state index is 12.7. The monoisotopic (exact) mass is 308 g/mol. The van der Waals surface area contributed by atoms with Crippen molar-refractivity contribution in [2.45, 2.75) is 54.3 Å². The van der Waals surface area contributed by atoms with Crippen molar-refractivity contribution in [2.75, 3.05) is 6.61 Å². The lowest BCUT2D eigenvalue weighted by Crippen LogP contribution is -2.48. The first kappa shape index (κ1) is 14.7. The Morgan fingerprint density at radius 3 is 2.62 bits per heavy atom. The molecule has 1 spiro atoms. The fraction of sp³-hybridized carbons (Fsp3) is 0.562. The van der Waals surface area contributed by atoms with Crippen LogP contribution in [0.25, 0.3) is 0 Å². The number of carboxylic acid groups (broad SMARTS) is 1. The summed E-state index contributed by atoms with van der Waals surface area (Å²) in [4.78, 5) is 11.5. The smallest absolute Gasteiger partial charge is 0.307 e. The van der Waals surface area contributed by atoms with Gasteiger partial charge in [-0.25, -0.2) is 0 Å². The van der Waals surface area contributed by atoms with E-state index in [1.165, 1.54) is 6.42 Å². The SMILES string of the molecule is O=C(O)Cc1ccc(S(=O)C2CCOC3(CCC3)C2)cc1. The van der Waals surface area contributed by atoms with Crippen LogP contribution in [-0.2, 0) is 26.8 Å². The molecule has 1 aromatic rings. The number of ether oxygens (including phenoxy) is 1. The molecule has 21 heavy (non-hydrogen) atoms. The zero-order chi connectivity index (χ0) is 14.9. The molecule has 4 nitrogen and oxygen atoms in total. The van der Waals surface area contributed by atoms with Crippen molar-refractivity contribution in [3.05, 3.63) is 29.8 Å². The summed E-state index contributed by atoms with van der Waals surface area (Å²) in [6, 6.07) is 7.13. The summed E-state index contributed by atoms with van der Waals surface area (Å²) in [6.45, 7) is 0.702. The zero-order valence-electron chi connectivity index (χ0n) is 11.9. The van der Waals surface area contributed by atoms with Crippen molar-refractivity contribution >= 4 is 16.8 Å². The zero-order valence-corrected chi connectivity index (χ0v) is 12.7. The molecule has 0 bridgehead atoms. The number of hydrogen-bond acceptors (Lipinski definition) is 3. The summed E-state index contributed by atoms with van der Waals surface area (Å²) < 4.78 is 18.6. The molecule has 0 aromatic heterocycles. The van der Waals surface area contributed by atoms with E-state index in [9.17, 15) is 9.00 Å². The molecule has 114 valence electrons. The molecular formula is C16H20O4S. The van der Waals surface area contributed by atoms with Gasteiger partial charge in [-0.15, -0.1) is 0 Å². The van der Waals surface area contributed by atoms with Crippen LogP contribution in [0.5, 0.6) is 0 Å². The van der Waals surface area contributed by atoms with Crippen molar-refractivity contribution in [3.63, 3.8) is 0 Å². The van der Waals surface area contributed by atoms with Crippen molar-refractivity contribution in [1.82, 2.24) is 0 Å². The van der Waals surface area contributed by atoms with Crippen LogP contribution < -0.4 is 0 Å². The van der Waals surface area contributed by atoms with Crippen LogP contribution in [0.3, 0.4) is 0 Å². The van der Waals surface area contributed by atoms with E-state index in [2.05, 4.69) is 0 Å². The van der Waals surface area contributed by atoms with Gasteiger partial charge in [0.25, 0.3) is 0 Å². The highest BCUT2D eigenvalue weighted by Gasteiger charge is 2.44. The fourth-order valence-corrected chi connectivity index (χ4v) is 4.75. The van der Waals surface area contributed by atoms with Gasteiger partial charge in [0.2, 0.25) is 0 Å². The maximum Gasteiger partial charge on any atom is 0.307 e. The Hall–Kier alpha value is -1.20. The summed E-state index contributed by atoms with van der Waals surface area (Å²) in [5.41, 5.74) is 0.743. The molecule has 5 heteroatoms. The highest BCUT2D eigenvalue weighted by atomic mass is 32.2. The van der Waals surface area contributed by atoms with Crippen molar-refractivity contribution in [3.8, 4) is 0 Å². The average Bonchev–Trinajstić information content (AvgIpc) is 2.45. The second-order valence-electron chi connectivity index (χ2n) is 6.01. The Morgan fingerprint density at radius 2 is 2.05 bits per heavy atom. The number of rotatable bonds is 4. The highest BCUT2D eigenvalue weighted by Crippen LogP contribution is 2.43. The van der Waals surface area contributed by atoms with E-state index in [0.717, 1.165) is 36.1 Å². The molecular weight excluding hydrogens is 288 g/mol. The maximum atomic E-state index is 12.7. The third-order valence-corrected chi connectivity index (χ3v) is 6.27. The quantitative estimate of drug-likeness (QED) is 0.928. The Morgan fingerprint density at radius 1 is 1.33 bits per heavy atom. The van der Waals surface area contributed by atoms with Gasteiger partial charge in [0.1, 0.15) is 0 Å². The molecule has 0 amide bonds. The van der Waals surface area contributed by atoms with E-state index in [1.54, 1.807) is 24.3 Å². The predicted octanol–water partition coefficient (Wildman–Crippen LogP) is 2.52. The lowest BCUT2D eigenvalue weighted by molar-refractivity contribution is -0.136. The Balaban J connectivity index is 1.68. The van der Waals surface area contributed by atoms with Crippen LogP contribution in [0.4, 0.5) is 0 Å². The first-order valence-corrected chi connectivity index (χ1v) is 8.65. The Labute approximate surface area is 127 Å². The van der Waals surface area contributed by atoms with Crippen LogP contribution in [0.1, 0.15) is 37.7 Å². The second-order valence-corrected chi connectivity index (χ2v) is 7.74. The van der Waals surface area contributed by atoms with Crippen LogP contribution in [0, 0.1) is 0 Å². The van der Waals surface area contributed by atoms with Gasteiger partial charge in [0.15, 0.2) is 0 Å². The van der Waals surface area contributed by atoms with Crippen LogP contribution in [0.2, 0.25) is 0 Å². The lowest BCUT2D eigenvalue weighted by atomic mass is 9.75. The van der Waals surface area contributed by atoms with Gasteiger partial charge >= 0.3 is 5.97 Å². The number of benzene rings is 1. The minimum Gasteiger partial charge on any atom is -0.481 e. The van der Waals surface area contributed by atoms with E-state index in [4.69, 9.17) is 9.84 Å². The molecule has 1 saturated carbocycles. The average molecular weight is 308 g/mol. The standard InChI is InChI=1S/C16H20O4S/c17-15(18)10-12-2-4-13(5-3-12)21(19)14-6-9-20-16(11-14)7-1-8-16/h2-5,14H,1,6-11H2,(H,17,18). The third kappa shape index (κ3) is 3.19. The lowest BCUT2D eigenvalue weighted by Gasteiger charge is -2.46. The number of carbonyl (C=O) groups is 1. The molecule has 1 heterocycles. The van der Waals surface area contributed by atoms with Crippen LogP contribution in [-0.4, -0.2) is 32.7 Å². The molecule has 2 unspecified atom stereocenters. The van der Waals surface area contributed by atoms with Gasteiger partial charge in [-0.05, 0) is 49.8 Å². The molecule has 2 fully saturated rings. The van der Waals surface area contributed by atoms with E-state index < -0.39 is 16.8 Å². The van der Waals surface area contributed by atoms with Gasteiger partial charge in [-0.3, -0.25) is 9.00 Å². The fourth-order valence-electron chi connectivity index (χ4n) is 3.19. The molecule has 1 aliphatic heterocycles. The number of carboxylic acids is 1. The summed E-state index contributed by atoms with van der Waals surface area (Å²) in [7, 11) is -1.03. The van der Waals surface area contributed by atoms with Gasteiger partial charge in [0.05, 0.1) is 22.8 Å². The molecule has 1 aromatic carbocycles. The predicted molar refractivity (Wildman–Crippen MR) is 79.7 cm³/mol. The summed E-state index contributed by atoms with van der Waals surface area (Å²) in [5, 5.41) is 8.92. The number of hydrogen-bond donors (Lipinski definition) is 1. The first-order valence-electron chi connectivity index (χ1n) is 7.43. The molecule has 2 aliphatic rings. The minimum absolute atomic E-state index is 0.00181. The molecule has 1 aliphatic carbocycles. The van der Waals surface area contributed by atoms with E-state index in [1.807, 2.05) is 0 Å². The van der Waals surface area contributed by atoms with E-state index in [0.29, 0.717) is 6.61 Å². The first-order chi connectivity index (χ1) is 10.1. The molecule has 1 saturated heterocycles. The van der Waals surface area contributed by atoms with Gasteiger partial charge in [-0.1, -0.05) is 12.1 Å². The summed E-state index contributed by atoms with van der Waals surface area (Å²) >= 11 is 0. The van der Waals surface area contributed by atoms with Gasteiger partial charge in [-0.2, -0.15) is 0 Å². The minimum atomic E-state index is -1.03. The van der Waals surface area contributed by atoms with Crippen molar-refractivity contribution in [2.24, 2.45) is 0 Å². The normalized spacial score (nSPS) is 25.2. The highest BCUT2D eigenvalue weighted by molar-refractivity contribution is 7.85. The Kier molecular flexibility index (Phi) is 4.13. The van der Waals surface area contributed by atoms with Crippen molar-refractivity contribution in [1.29, 1.82) is 0 Å². The second kappa shape index (κ2) is 5.89. The van der Waals surface area contributed by atoms with Gasteiger partial charge < -0.3 is 9.84 Å². The van der Waals surface area contributed by atoms with Crippen LogP contribution in [0.15, 0.2) is 29.2 Å². The van der Waals surface area contributed by atoms with E-state index >= 15 is 0 Å². The third-order valence-electron chi connectivity index (χ3n) is 4.53. The molecule has 0 radical (unpaired) electrons. The van der Waals surface area contributed by atoms with Crippen molar-refractivity contribution < 1.29 is 18.8 Å². The van der Waals surface area contributed by atoms with Gasteiger partial charge in [0, 0.05) is 16.8 Å². The topological polar surface area (TPSA) is 63.6 Å². The number of aliphatic carboxylic acids is 1. The summed E-state index contributed by atoms with van der Waals surface area (Å²) in [5.74, 6) is -0.847. The molecule has 1 N–H and O–H groups in total. The Bertz CT molecular complexity index is 548. The van der Waals surface area contributed by atoms with Crippen LogP contribution >= 0.6 is 0 Å².